The molecule has 4 nitrogen and oxygen atoms in total. The van der Waals surface area contributed by atoms with Crippen molar-refractivity contribution in [2.75, 3.05) is 6.61 Å². The molecule has 0 saturated carbocycles. The fraction of sp³-hybridized carbons (Fsp3) is 0.333. The standard InChI is InChI=1S/C6H5BrF3NO3S2/c7-4-1-2-15-5(4)16(12,13)11-14-3-6(8,9)10/h1-2,11H,3H2. The first-order valence-corrected chi connectivity index (χ1v) is 6.81. The van der Waals surface area contributed by atoms with E-state index in [2.05, 4.69) is 20.8 Å². The first kappa shape index (κ1) is 13.9. The van der Waals surface area contributed by atoms with E-state index >= 15 is 0 Å². The van der Waals surface area contributed by atoms with Gasteiger partial charge in [-0.2, -0.15) is 13.2 Å². The van der Waals surface area contributed by atoms with Gasteiger partial charge >= 0.3 is 6.18 Å². The lowest BCUT2D eigenvalue weighted by Crippen LogP contribution is -2.29. The fourth-order valence-electron chi connectivity index (χ4n) is 0.698. The highest BCUT2D eigenvalue weighted by Gasteiger charge is 2.29. The van der Waals surface area contributed by atoms with Crippen molar-refractivity contribution in [3.63, 3.8) is 0 Å². The molecule has 10 heteroatoms. The maximum atomic E-state index is 11.7. The van der Waals surface area contributed by atoms with E-state index in [-0.39, 0.29) is 8.68 Å². The number of halogens is 4. The average Bonchev–Trinajstić information content (AvgIpc) is 2.48. The van der Waals surface area contributed by atoms with E-state index in [1.165, 1.54) is 16.3 Å². The van der Waals surface area contributed by atoms with Gasteiger partial charge in [0.2, 0.25) is 0 Å². The highest BCUT2D eigenvalue weighted by Crippen LogP contribution is 2.27. The second kappa shape index (κ2) is 5.00. The Labute approximate surface area is 102 Å². The normalized spacial score (nSPS) is 13.0. The SMILES string of the molecule is O=S(=O)(NOCC(F)(F)F)c1sccc1Br. The fourth-order valence-corrected chi connectivity index (χ4v) is 3.82. The molecule has 0 saturated heterocycles. The summed E-state index contributed by atoms with van der Waals surface area (Å²) < 4.78 is 57.9. The van der Waals surface area contributed by atoms with Crippen LogP contribution in [0.3, 0.4) is 0 Å². The van der Waals surface area contributed by atoms with Crippen LogP contribution in [0.5, 0.6) is 0 Å². The molecule has 1 heterocycles. The minimum Gasteiger partial charge on any atom is -0.277 e. The van der Waals surface area contributed by atoms with Gasteiger partial charge in [-0.3, -0.25) is 4.84 Å². The summed E-state index contributed by atoms with van der Waals surface area (Å²) in [5, 5.41) is 1.47. The van der Waals surface area contributed by atoms with Crippen molar-refractivity contribution in [1.82, 2.24) is 4.89 Å². The number of hydrogen-bond donors (Lipinski definition) is 1. The molecule has 0 aliphatic rings. The Hall–Kier alpha value is -0.160. The lowest BCUT2D eigenvalue weighted by molar-refractivity contribution is -0.181. The van der Waals surface area contributed by atoms with Gasteiger partial charge in [-0.25, -0.2) is 8.42 Å². The van der Waals surface area contributed by atoms with E-state index in [4.69, 9.17) is 0 Å². The third-order valence-corrected chi connectivity index (χ3v) is 5.12. The molecular formula is C6H5BrF3NO3S2. The van der Waals surface area contributed by atoms with Crippen molar-refractivity contribution >= 4 is 37.3 Å². The van der Waals surface area contributed by atoms with Crippen molar-refractivity contribution in [2.45, 2.75) is 10.4 Å². The summed E-state index contributed by atoms with van der Waals surface area (Å²) in [4.78, 5) is 5.26. The van der Waals surface area contributed by atoms with Crippen LogP contribution < -0.4 is 4.89 Å². The minimum absolute atomic E-state index is 0.144. The zero-order valence-corrected chi connectivity index (χ0v) is 10.6. The quantitative estimate of drug-likeness (QED) is 0.856. The first-order valence-electron chi connectivity index (χ1n) is 3.66. The van der Waals surface area contributed by atoms with E-state index in [0.29, 0.717) is 0 Å². The predicted octanol–water partition coefficient (Wildman–Crippen LogP) is 2.28. The zero-order valence-electron chi connectivity index (χ0n) is 7.41. The van der Waals surface area contributed by atoms with Crippen molar-refractivity contribution in [3.8, 4) is 0 Å². The van der Waals surface area contributed by atoms with E-state index in [9.17, 15) is 21.6 Å². The summed E-state index contributed by atoms with van der Waals surface area (Å²) in [5.41, 5.74) is 0. The van der Waals surface area contributed by atoms with E-state index in [1.807, 2.05) is 0 Å². The Bertz CT molecular complexity index is 456. The van der Waals surface area contributed by atoms with Crippen molar-refractivity contribution in [2.24, 2.45) is 0 Å². The number of hydrogen-bond acceptors (Lipinski definition) is 4. The molecule has 1 rings (SSSR count). The number of alkyl halides is 3. The van der Waals surface area contributed by atoms with Crippen LogP contribution in [0, 0.1) is 0 Å². The van der Waals surface area contributed by atoms with Crippen molar-refractivity contribution < 1.29 is 26.4 Å². The molecule has 0 aliphatic carbocycles. The van der Waals surface area contributed by atoms with E-state index in [1.54, 1.807) is 0 Å². The number of rotatable bonds is 4. The lowest BCUT2D eigenvalue weighted by Gasteiger charge is -2.08. The van der Waals surface area contributed by atoms with Gasteiger partial charge in [-0.15, -0.1) is 11.3 Å². The van der Waals surface area contributed by atoms with Gasteiger partial charge in [0.15, 0.2) is 10.8 Å². The summed E-state index contributed by atoms with van der Waals surface area (Å²) in [6, 6.07) is 1.46. The Kier molecular flexibility index (Phi) is 4.35. The highest BCUT2D eigenvalue weighted by atomic mass is 79.9. The Morgan fingerprint density at radius 1 is 1.50 bits per heavy atom. The van der Waals surface area contributed by atoms with Crippen LogP contribution in [0.1, 0.15) is 0 Å². The summed E-state index contributed by atoms with van der Waals surface area (Å²) >= 11 is 3.80. The first-order chi connectivity index (χ1) is 7.22. The van der Waals surface area contributed by atoms with Crippen LogP contribution in [0.15, 0.2) is 20.1 Å². The Morgan fingerprint density at radius 2 is 2.12 bits per heavy atom. The molecule has 0 aromatic carbocycles. The number of nitrogens with one attached hydrogen (secondary N) is 1. The maximum absolute atomic E-state index is 11.7. The molecule has 0 amide bonds. The molecule has 0 aliphatic heterocycles. The number of thiophene rings is 1. The molecule has 1 N–H and O–H groups in total. The summed E-state index contributed by atoms with van der Waals surface area (Å²) in [7, 11) is -4.07. The predicted molar refractivity (Wildman–Crippen MR) is 54.3 cm³/mol. The molecular weight excluding hydrogens is 335 g/mol. The monoisotopic (exact) mass is 339 g/mol. The molecule has 1 aromatic rings. The van der Waals surface area contributed by atoms with Gasteiger partial charge in [0.25, 0.3) is 10.0 Å². The molecule has 1 aromatic heterocycles. The zero-order chi connectivity index (χ0) is 12.4. The van der Waals surface area contributed by atoms with Gasteiger partial charge < -0.3 is 0 Å². The van der Waals surface area contributed by atoms with Gasteiger partial charge in [0, 0.05) is 4.47 Å². The van der Waals surface area contributed by atoms with Gasteiger partial charge in [-0.1, -0.05) is 4.89 Å². The van der Waals surface area contributed by atoms with Crippen molar-refractivity contribution in [1.29, 1.82) is 0 Å². The molecule has 0 atom stereocenters. The third kappa shape index (κ3) is 4.01. The summed E-state index contributed by atoms with van der Waals surface area (Å²) in [5.74, 6) is 0. The van der Waals surface area contributed by atoms with Crippen LogP contribution in [0.2, 0.25) is 0 Å². The third-order valence-electron chi connectivity index (χ3n) is 1.23. The molecule has 0 unspecified atom stereocenters. The number of sulfonamides is 1. The Balaban J connectivity index is 2.64. The largest absolute Gasteiger partial charge is 0.413 e. The van der Waals surface area contributed by atoms with Gasteiger partial charge in [0.1, 0.15) is 0 Å². The highest BCUT2D eigenvalue weighted by molar-refractivity contribution is 9.10. The second-order valence-corrected chi connectivity index (χ2v) is 6.16. The van der Waals surface area contributed by atoms with Crippen LogP contribution in [0.4, 0.5) is 13.2 Å². The van der Waals surface area contributed by atoms with Gasteiger partial charge in [0.05, 0.1) is 0 Å². The molecule has 16 heavy (non-hydrogen) atoms. The smallest absolute Gasteiger partial charge is 0.277 e. The van der Waals surface area contributed by atoms with Crippen LogP contribution in [-0.2, 0) is 14.9 Å². The van der Waals surface area contributed by atoms with Crippen LogP contribution in [0.25, 0.3) is 0 Å². The molecule has 92 valence electrons. The second-order valence-electron chi connectivity index (χ2n) is 2.55. The lowest BCUT2D eigenvalue weighted by atomic mass is 10.7. The maximum Gasteiger partial charge on any atom is 0.413 e. The molecule has 0 radical (unpaired) electrons. The van der Waals surface area contributed by atoms with Crippen LogP contribution >= 0.6 is 27.3 Å². The van der Waals surface area contributed by atoms with Crippen molar-refractivity contribution in [3.05, 3.63) is 15.9 Å². The van der Waals surface area contributed by atoms with Gasteiger partial charge in [-0.05, 0) is 27.4 Å². The Morgan fingerprint density at radius 3 is 2.56 bits per heavy atom. The summed E-state index contributed by atoms with van der Waals surface area (Å²) in [6.45, 7) is -1.69. The minimum atomic E-state index is -4.59. The molecule has 0 spiro atoms. The molecule has 0 fully saturated rings. The van der Waals surface area contributed by atoms with E-state index < -0.39 is 22.8 Å². The summed E-state index contributed by atoms with van der Waals surface area (Å²) in [6.07, 6.45) is -4.59. The topological polar surface area (TPSA) is 55.4 Å². The van der Waals surface area contributed by atoms with Crippen LogP contribution in [-0.4, -0.2) is 21.2 Å². The van der Waals surface area contributed by atoms with E-state index in [0.717, 1.165) is 11.3 Å². The average molecular weight is 340 g/mol. The molecule has 0 bridgehead atoms.